The standard InChI is InChI=1S/C62H111N11O12S/c1-25-26-27-39(14)52(76)51-55(79)66-49(42(17)74)60(83)67(18)32-47(75)68(19)43(28-33(2)3)54(78)65-48(37(10)11)61(84)69(20)44(29-34(4)5)53(77)63-40(15)56(86)64-41(16)57(80)70(21)45(30-35(6)7)58(81)71(22)46(31-36(8)9)59(82)72(23)50(38(12)13)62(85)73(51)24/h25-26,33-46,48-52,74,76H,27-32H2,1-24H3,(H,63,77)(H,64,86)(H,65,78)(H,66,79)/b26-25+/t39?,40-,41-,42+,43-,44-,45-,46-,48-,49-,50-,51+,52?/m0/s1. The Kier molecular flexibility index (Phi) is 32.1. The highest BCUT2D eigenvalue weighted by Crippen LogP contribution is 2.26. The summed E-state index contributed by atoms with van der Waals surface area (Å²) in [6.07, 6.45) is 1.32. The summed E-state index contributed by atoms with van der Waals surface area (Å²) < 4.78 is 0. The number of rotatable bonds is 15. The van der Waals surface area contributed by atoms with Crippen LogP contribution in [0, 0.1) is 41.4 Å². The number of nitrogens with one attached hydrogen (secondary N) is 4. The fourth-order valence-electron chi connectivity index (χ4n) is 10.7. The van der Waals surface area contributed by atoms with Gasteiger partial charge in [0.2, 0.25) is 59.1 Å². The molecule has 23 nitrogen and oxygen atoms in total. The lowest BCUT2D eigenvalue weighted by molar-refractivity contribution is -0.157. The van der Waals surface area contributed by atoms with Crippen LogP contribution in [0.4, 0.5) is 0 Å². The Morgan fingerprint density at radius 1 is 0.465 bits per heavy atom. The summed E-state index contributed by atoms with van der Waals surface area (Å²) in [6.45, 7) is 29.2. The van der Waals surface area contributed by atoms with E-state index < -0.39 is 156 Å². The normalized spacial score (nSPS) is 27.1. The highest BCUT2D eigenvalue weighted by atomic mass is 32.1. The molecule has 0 saturated carbocycles. The molecule has 1 fully saturated rings. The Morgan fingerprint density at radius 3 is 1.31 bits per heavy atom. The molecule has 1 aliphatic rings. The first-order valence-electron chi connectivity index (χ1n) is 30.6. The number of hydrogen-bond acceptors (Lipinski definition) is 13. The van der Waals surface area contributed by atoms with Crippen LogP contribution in [0.1, 0.15) is 150 Å². The summed E-state index contributed by atoms with van der Waals surface area (Å²) in [4.78, 5) is 155. The molecular formula is C62H111N11O12S. The fraction of sp³-hybridized carbons (Fsp3) is 0.790. The number of nitrogens with zero attached hydrogens (tertiary/aromatic N) is 7. The second-order valence-electron chi connectivity index (χ2n) is 26.4. The van der Waals surface area contributed by atoms with Gasteiger partial charge >= 0.3 is 0 Å². The summed E-state index contributed by atoms with van der Waals surface area (Å²) in [5.41, 5.74) is 0. The van der Waals surface area contributed by atoms with Crippen LogP contribution >= 0.6 is 12.2 Å². The molecule has 6 N–H and O–H groups in total. The number of aliphatic hydroxyl groups is 2. The van der Waals surface area contributed by atoms with Crippen molar-refractivity contribution in [3.63, 3.8) is 0 Å². The van der Waals surface area contributed by atoms with Gasteiger partial charge in [-0.2, -0.15) is 0 Å². The lowest BCUT2D eigenvalue weighted by Crippen LogP contribution is -2.64. The van der Waals surface area contributed by atoms with Gasteiger partial charge in [-0.1, -0.05) is 114 Å². The van der Waals surface area contributed by atoms with Crippen molar-refractivity contribution in [2.75, 3.05) is 55.9 Å². The number of hydrogen-bond donors (Lipinski definition) is 6. The van der Waals surface area contributed by atoms with Crippen LogP contribution in [0.3, 0.4) is 0 Å². The molecular weight excluding hydrogens is 1120 g/mol. The molecule has 24 heteroatoms. The number of thiocarbonyl (C=S) groups is 1. The lowest BCUT2D eigenvalue weighted by atomic mass is 9.91. The van der Waals surface area contributed by atoms with Gasteiger partial charge in [0.1, 0.15) is 54.4 Å². The molecule has 0 aromatic carbocycles. The van der Waals surface area contributed by atoms with E-state index in [9.17, 15) is 48.6 Å². The first kappa shape index (κ1) is 78.3. The molecule has 492 valence electrons. The van der Waals surface area contributed by atoms with E-state index in [1.54, 1.807) is 67.5 Å². The van der Waals surface area contributed by atoms with Gasteiger partial charge in [0, 0.05) is 49.3 Å². The smallest absolute Gasteiger partial charge is 0.248 e. The highest BCUT2D eigenvalue weighted by molar-refractivity contribution is 7.80. The minimum Gasteiger partial charge on any atom is -0.391 e. The van der Waals surface area contributed by atoms with E-state index in [-0.39, 0.29) is 60.8 Å². The van der Waals surface area contributed by atoms with E-state index in [2.05, 4.69) is 21.3 Å². The molecule has 1 rings (SSSR count). The van der Waals surface area contributed by atoms with E-state index >= 15 is 9.59 Å². The molecule has 0 bridgehead atoms. The number of likely N-dealkylation sites (N-methyl/N-ethyl adjacent to an activating group) is 7. The summed E-state index contributed by atoms with van der Waals surface area (Å²) in [7, 11) is 9.84. The first-order valence-corrected chi connectivity index (χ1v) is 31.0. The zero-order valence-corrected chi connectivity index (χ0v) is 57.2. The summed E-state index contributed by atoms with van der Waals surface area (Å²) >= 11 is 5.77. The van der Waals surface area contributed by atoms with Crippen LogP contribution in [0.25, 0.3) is 0 Å². The highest BCUT2D eigenvalue weighted by Gasteiger charge is 2.46. The third-order valence-corrected chi connectivity index (χ3v) is 16.6. The third kappa shape index (κ3) is 21.8. The van der Waals surface area contributed by atoms with Crippen molar-refractivity contribution in [3.05, 3.63) is 12.2 Å². The van der Waals surface area contributed by atoms with Gasteiger partial charge in [-0.05, 0) is 101 Å². The van der Waals surface area contributed by atoms with Crippen molar-refractivity contribution in [3.8, 4) is 0 Å². The van der Waals surface area contributed by atoms with E-state index in [0.717, 1.165) is 9.80 Å². The minimum atomic E-state index is -1.73. The number of aliphatic hydroxyl groups excluding tert-OH is 2. The van der Waals surface area contributed by atoms with Crippen molar-refractivity contribution < 1.29 is 58.2 Å². The van der Waals surface area contributed by atoms with Crippen LogP contribution in [0.2, 0.25) is 0 Å². The number of allylic oxidation sites excluding steroid dienone is 2. The van der Waals surface area contributed by atoms with Gasteiger partial charge in [0.05, 0.1) is 29.8 Å². The van der Waals surface area contributed by atoms with Gasteiger partial charge in [-0.15, -0.1) is 0 Å². The van der Waals surface area contributed by atoms with Crippen LogP contribution in [-0.4, -0.2) is 237 Å². The molecule has 0 radical (unpaired) electrons. The second kappa shape index (κ2) is 35.3. The molecule has 1 saturated heterocycles. The van der Waals surface area contributed by atoms with Crippen molar-refractivity contribution in [1.82, 2.24) is 55.6 Å². The molecule has 0 aromatic rings. The van der Waals surface area contributed by atoms with E-state index in [0.29, 0.717) is 0 Å². The molecule has 13 atom stereocenters. The second-order valence-corrected chi connectivity index (χ2v) is 26.8. The van der Waals surface area contributed by atoms with Crippen LogP contribution < -0.4 is 21.3 Å². The molecule has 0 spiro atoms. The summed E-state index contributed by atoms with van der Waals surface area (Å²) in [6, 6.07) is -12.3. The first-order chi connectivity index (χ1) is 39.6. The zero-order valence-electron chi connectivity index (χ0n) is 56.4. The largest absolute Gasteiger partial charge is 0.391 e. The SMILES string of the molecule is C/C=C/CC(C)C(O)[C@@H]1C(=O)N[C@@H]([C@@H](C)O)C(=O)N(C)CC(=O)N(C)[C@@H](CC(C)C)C(=O)N[C@@H](C(C)C)C(=O)N(C)[C@@H](CC(C)C)C(=O)N[C@@H](C)C(=S)N[C@@H](C)C(=O)N(C)[C@@H](CC(C)C)C(=O)N(C)[C@@H](CC(C)C)C(=O)N(C)[C@@H](C(C)C)C(=O)N1C. The molecule has 10 amide bonds. The van der Waals surface area contributed by atoms with E-state index in [1.165, 1.54) is 80.8 Å². The molecule has 1 aliphatic heterocycles. The summed E-state index contributed by atoms with van der Waals surface area (Å²) in [5, 5.41) is 34.6. The van der Waals surface area contributed by atoms with Gasteiger partial charge in [-0.3, -0.25) is 47.9 Å². The topological polar surface area (TPSA) is 282 Å². The predicted octanol–water partition coefficient (Wildman–Crippen LogP) is 3.04. The fourth-order valence-corrected chi connectivity index (χ4v) is 10.9. The Labute approximate surface area is 519 Å². The molecule has 1 heterocycles. The Balaban J connectivity index is 4.37. The lowest BCUT2D eigenvalue weighted by Gasteiger charge is -2.41. The maximum atomic E-state index is 15.2. The quantitative estimate of drug-likeness (QED) is 0.102. The third-order valence-electron chi connectivity index (χ3n) is 16.1. The maximum Gasteiger partial charge on any atom is 0.248 e. The molecule has 86 heavy (non-hydrogen) atoms. The summed E-state index contributed by atoms with van der Waals surface area (Å²) in [5.74, 6) is -9.24. The average molecular weight is 1230 g/mol. The van der Waals surface area contributed by atoms with E-state index in [4.69, 9.17) is 12.2 Å². The molecule has 2 unspecified atom stereocenters. The van der Waals surface area contributed by atoms with Crippen molar-refractivity contribution in [2.45, 2.75) is 222 Å². The van der Waals surface area contributed by atoms with Gasteiger partial charge in [0.15, 0.2) is 0 Å². The minimum absolute atomic E-state index is 0.0889. The Bertz CT molecular complexity index is 2370. The van der Waals surface area contributed by atoms with Crippen molar-refractivity contribution in [1.29, 1.82) is 0 Å². The van der Waals surface area contributed by atoms with E-state index in [1.807, 2.05) is 55.4 Å². The Morgan fingerprint density at radius 2 is 0.872 bits per heavy atom. The average Bonchev–Trinajstić information content (AvgIpc) is 2.16. The zero-order chi connectivity index (χ0) is 66.8. The number of amides is 10. The van der Waals surface area contributed by atoms with Crippen LogP contribution in [-0.2, 0) is 47.9 Å². The number of carbonyl (C=O) groups excluding carboxylic acids is 10. The molecule has 0 aliphatic carbocycles. The van der Waals surface area contributed by atoms with Gasteiger partial charge < -0.3 is 65.8 Å². The van der Waals surface area contributed by atoms with Gasteiger partial charge in [0.25, 0.3) is 0 Å². The van der Waals surface area contributed by atoms with Gasteiger partial charge in [-0.25, -0.2) is 0 Å². The van der Waals surface area contributed by atoms with Crippen LogP contribution in [0.15, 0.2) is 12.2 Å². The maximum absolute atomic E-state index is 15.2. The predicted molar refractivity (Wildman–Crippen MR) is 337 cm³/mol. The van der Waals surface area contributed by atoms with Crippen molar-refractivity contribution >= 4 is 76.3 Å². The Hall–Kier alpha value is -5.75. The number of carbonyl (C=O) groups is 10. The molecule has 0 aromatic heterocycles. The monoisotopic (exact) mass is 1230 g/mol. The van der Waals surface area contributed by atoms with Crippen molar-refractivity contribution in [2.24, 2.45) is 41.4 Å². The van der Waals surface area contributed by atoms with Crippen LogP contribution in [0.5, 0.6) is 0 Å².